The summed E-state index contributed by atoms with van der Waals surface area (Å²) in [4.78, 5) is 23.8. The van der Waals surface area contributed by atoms with E-state index in [1.807, 2.05) is 36.4 Å². The highest BCUT2D eigenvalue weighted by atomic mass is 32.1. The maximum absolute atomic E-state index is 13.0. The molecule has 0 aliphatic rings. The molecule has 6 nitrogen and oxygen atoms in total. The van der Waals surface area contributed by atoms with Crippen LogP contribution >= 0.6 is 11.3 Å². The summed E-state index contributed by atoms with van der Waals surface area (Å²) in [5.74, 6) is 0.254. The number of hydrogen-bond acceptors (Lipinski definition) is 6. The molecule has 1 atom stereocenters. The molecule has 0 bridgehead atoms. The number of carbonyl (C=O) groups is 2. The van der Waals surface area contributed by atoms with Crippen molar-refractivity contribution in [1.29, 1.82) is 0 Å². The van der Waals surface area contributed by atoms with Crippen molar-refractivity contribution in [2.45, 2.75) is 32.1 Å². The fourth-order valence-corrected chi connectivity index (χ4v) is 3.83. The highest BCUT2D eigenvalue weighted by Crippen LogP contribution is 2.32. The van der Waals surface area contributed by atoms with Crippen LogP contribution in [0, 0.1) is 0 Å². The lowest BCUT2D eigenvalue weighted by molar-refractivity contribution is -0.117. The highest BCUT2D eigenvalue weighted by molar-refractivity contribution is 7.18. The Labute approximate surface area is 173 Å². The van der Waals surface area contributed by atoms with Crippen molar-refractivity contribution in [3.05, 3.63) is 59.7 Å². The summed E-state index contributed by atoms with van der Waals surface area (Å²) in [6, 6.07) is 14.7. The molecule has 7 heteroatoms. The fourth-order valence-electron chi connectivity index (χ4n) is 3.08. The smallest absolute Gasteiger partial charge is 0.233 e. The van der Waals surface area contributed by atoms with Crippen molar-refractivity contribution in [1.82, 2.24) is 10.2 Å². The molecule has 1 N–H and O–H groups in total. The number of nitrogens with zero attached hydrogens (tertiary/aromatic N) is 2. The Balaban J connectivity index is 1.79. The Morgan fingerprint density at radius 3 is 2.62 bits per heavy atom. The van der Waals surface area contributed by atoms with Crippen LogP contribution in [0.4, 0.5) is 5.13 Å². The van der Waals surface area contributed by atoms with E-state index in [-0.39, 0.29) is 11.8 Å². The predicted molar refractivity (Wildman–Crippen MR) is 115 cm³/mol. The SMILES string of the molecule is CCCCC(C(=O)Nc1nnc(-c2ccc(C=O)cc2)s1)c1ccccc1OC. The molecule has 1 unspecified atom stereocenters. The standard InChI is InChI=1S/C22H23N3O3S/c1-3-4-7-18(17-8-5-6-9-19(17)28-2)20(27)23-22-25-24-21(29-22)16-12-10-15(14-26)11-13-16/h5-6,8-14,18H,3-4,7H2,1-2H3,(H,23,25,27). The van der Waals surface area contributed by atoms with Gasteiger partial charge in [0.25, 0.3) is 0 Å². The molecule has 0 spiro atoms. The molecule has 2 aromatic carbocycles. The van der Waals surface area contributed by atoms with Gasteiger partial charge in [0.05, 0.1) is 13.0 Å². The number of carbonyl (C=O) groups excluding carboxylic acids is 2. The van der Waals surface area contributed by atoms with E-state index in [2.05, 4.69) is 22.4 Å². The van der Waals surface area contributed by atoms with Crippen molar-refractivity contribution in [2.24, 2.45) is 0 Å². The summed E-state index contributed by atoms with van der Waals surface area (Å²) in [6.45, 7) is 2.10. The van der Waals surface area contributed by atoms with Gasteiger partial charge in [0, 0.05) is 16.7 Å². The summed E-state index contributed by atoms with van der Waals surface area (Å²) in [5.41, 5.74) is 2.32. The molecule has 0 radical (unpaired) electrons. The minimum absolute atomic E-state index is 0.123. The quantitative estimate of drug-likeness (QED) is 0.506. The second-order valence-electron chi connectivity index (χ2n) is 6.58. The first-order valence-electron chi connectivity index (χ1n) is 9.49. The third-order valence-corrected chi connectivity index (χ3v) is 5.51. The van der Waals surface area contributed by atoms with E-state index < -0.39 is 0 Å². The van der Waals surface area contributed by atoms with Crippen molar-refractivity contribution >= 4 is 28.7 Å². The molecule has 0 saturated heterocycles. The lowest BCUT2D eigenvalue weighted by Crippen LogP contribution is -2.21. The van der Waals surface area contributed by atoms with Crippen molar-refractivity contribution in [3.63, 3.8) is 0 Å². The summed E-state index contributed by atoms with van der Waals surface area (Å²) in [7, 11) is 1.61. The molecule has 0 aliphatic heterocycles. The molecule has 1 heterocycles. The first kappa shape index (κ1) is 20.7. The van der Waals surface area contributed by atoms with E-state index >= 15 is 0 Å². The Hall–Kier alpha value is -3.06. The van der Waals surface area contributed by atoms with Crippen LogP contribution in [0.3, 0.4) is 0 Å². The van der Waals surface area contributed by atoms with Crippen LogP contribution in [0.25, 0.3) is 10.6 Å². The maximum atomic E-state index is 13.0. The van der Waals surface area contributed by atoms with Crippen molar-refractivity contribution in [3.8, 4) is 16.3 Å². The van der Waals surface area contributed by atoms with E-state index in [1.165, 1.54) is 11.3 Å². The van der Waals surface area contributed by atoms with Crippen LogP contribution in [-0.2, 0) is 4.79 Å². The van der Waals surface area contributed by atoms with Gasteiger partial charge in [-0.15, -0.1) is 10.2 Å². The van der Waals surface area contributed by atoms with Gasteiger partial charge >= 0.3 is 0 Å². The van der Waals surface area contributed by atoms with Gasteiger partial charge in [-0.05, 0) is 12.5 Å². The molecule has 1 aromatic heterocycles. The number of methoxy groups -OCH3 is 1. The van der Waals surface area contributed by atoms with Gasteiger partial charge in [-0.2, -0.15) is 0 Å². The van der Waals surface area contributed by atoms with Crippen molar-refractivity contribution < 1.29 is 14.3 Å². The second kappa shape index (κ2) is 9.93. The molecule has 0 saturated carbocycles. The normalized spacial score (nSPS) is 11.7. The van der Waals surface area contributed by atoms with E-state index in [0.29, 0.717) is 21.5 Å². The average molecular weight is 410 g/mol. The minimum atomic E-state index is -0.328. The van der Waals surface area contributed by atoms with Gasteiger partial charge in [-0.3, -0.25) is 14.9 Å². The van der Waals surface area contributed by atoms with E-state index in [4.69, 9.17) is 4.74 Å². The van der Waals surface area contributed by atoms with Crippen LogP contribution in [0.15, 0.2) is 48.5 Å². The van der Waals surface area contributed by atoms with E-state index in [9.17, 15) is 9.59 Å². The number of unbranched alkanes of at least 4 members (excludes halogenated alkanes) is 1. The van der Waals surface area contributed by atoms with Crippen LogP contribution in [-0.4, -0.2) is 29.5 Å². The summed E-state index contributed by atoms with van der Waals surface area (Å²) < 4.78 is 5.46. The Kier molecular flexibility index (Phi) is 7.08. The first-order valence-corrected chi connectivity index (χ1v) is 10.3. The number of aldehydes is 1. The molecular formula is C22H23N3O3S. The zero-order valence-electron chi connectivity index (χ0n) is 16.4. The monoisotopic (exact) mass is 409 g/mol. The van der Waals surface area contributed by atoms with Crippen LogP contribution < -0.4 is 10.1 Å². The maximum Gasteiger partial charge on any atom is 0.233 e. The molecule has 29 heavy (non-hydrogen) atoms. The summed E-state index contributed by atoms with van der Waals surface area (Å²) in [6.07, 6.45) is 3.45. The Morgan fingerprint density at radius 1 is 1.17 bits per heavy atom. The topological polar surface area (TPSA) is 81.2 Å². The van der Waals surface area contributed by atoms with Gasteiger partial charge in [0.15, 0.2) is 0 Å². The first-order chi connectivity index (χ1) is 14.2. The van der Waals surface area contributed by atoms with E-state index in [1.54, 1.807) is 19.2 Å². The largest absolute Gasteiger partial charge is 0.496 e. The molecule has 3 aromatic rings. The van der Waals surface area contributed by atoms with Crippen molar-refractivity contribution in [2.75, 3.05) is 12.4 Å². The second-order valence-corrected chi connectivity index (χ2v) is 7.56. The average Bonchev–Trinajstić information content (AvgIpc) is 3.22. The van der Waals surface area contributed by atoms with Crippen LogP contribution in [0.1, 0.15) is 48.0 Å². The van der Waals surface area contributed by atoms with Gasteiger partial charge < -0.3 is 4.74 Å². The predicted octanol–water partition coefficient (Wildman–Crippen LogP) is 4.94. The molecule has 150 valence electrons. The summed E-state index contributed by atoms with van der Waals surface area (Å²) in [5, 5.41) is 12.3. The number of anilines is 1. The van der Waals surface area contributed by atoms with Crippen LogP contribution in [0.5, 0.6) is 5.75 Å². The van der Waals surface area contributed by atoms with Gasteiger partial charge in [-0.25, -0.2) is 0 Å². The molecule has 1 amide bonds. The van der Waals surface area contributed by atoms with Crippen LogP contribution in [0.2, 0.25) is 0 Å². The molecule has 3 rings (SSSR count). The number of ether oxygens (including phenoxy) is 1. The van der Waals surface area contributed by atoms with Gasteiger partial charge in [0.2, 0.25) is 11.0 Å². The fraction of sp³-hybridized carbons (Fsp3) is 0.273. The number of amides is 1. The third-order valence-electron chi connectivity index (χ3n) is 4.63. The minimum Gasteiger partial charge on any atom is -0.496 e. The number of para-hydroxylation sites is 1. The number of hydrogen-bond donors (Lipinski definition) is 1. The highest BCUT2D eigenvalue weighted by Gasteiger charge is 2.24. The number of aromatic nitrogens is 2. The van der Waals surface area contributed by atoms with Gasteiger partial charge in [-0.1, -0.05) is 73.6 Å². The molecule has 0 fully saturated rings. The number of nitrogens with one attached hydrogen (secondary N) is 1. The molecular weight excluding hydrogens is 386 g/mol. The lowest BCUT2D eigenvalue weighted by atomic mass is 9.92. The zero-order chi connectivity index (χ0) is 20.6. The summed E-state index contributed by atoms with van der Waals surface area (Å²) >= 11 is 1.30. The van der Waals surface area contributed by atoms with Gasteiger partial charge in [0.1, 0.15) is 17.0 Å². The molecule has 0 aliphatic carbocycles. The Morgan fingerprint density at radius 2 is 1.93 bits per heavy atom. The lowest BCUT2D eigenvalue weighted by Gasteiger charge is -2.18. The Bertz CT molecular complexity index is 969. The van der Waals surface area contributed by atoms with E-state index in [0.717, 1.165) is 36.7 Å². The third kappa shape index (κ3) is 5.06. The number of benzene rings is 2. The number of rotatable bonds is 9. The zero-order valence-corrected chi connectivity index (χ0v) is 17.2.